The van der Waals surface area contributed by atoms with Crippen LogP contribution in [0.25, 0.3) is 21.9 Å². The Balaban J connectivity index is 1.57. The number of nitrogens with zero attached hydrogens (tertiary/aromatic N) is 3. The van der Waals surface area contributed by atoms with Gasteiger partial charge in [-0.05, 0) is 60.0 Å². The molecule has 0 saturated carbocycles. The van der Waals surface area contributed by atoms with Crippen LogP contribution in [-0.2, 0) is 13.5 Å². The first-order valence-electron chi connectivity index (χ1n) is 10.2. The molecule has 4 aromatic rings. The first kappa shape index (κ1) is 19.8. The molecular formula is C25H26N4O. The molecule has 0 bridgehead atoms. The Bertz CT molecular complexity index is 1210. The number of hydrogen-bond acceptors (Lipinski definition) is 3. The molecule has 152 valence electrons. The number of anilines is 1. The minimum atomic E-state index is -0.155. The Morgan fingerprint density at radius 3 is 2.47 bits per heavy atom. The highest BCUT2D eigenvalue weighted by Gasteiger charge is 2.10. The highest BCUT2D eigenvalue weighted by molar-refractivity contribution is 6.04. The summed E-state index contributed by atoms with van der Waals surface area (Å²) < 4.78 is 1.87. The van der Waals surface area contributed by atoms with Gasteiger partial charge >= 0.3 is 0 Å². The average molecular weight is 399 g/mol. The highest BCUT2D eigenvalue weighted by Crippen LogP contribution is 2.27. The quantitative estimate of drug-likeness (QED) is 0.490. The van der Waals surface area contributed by atoms with Crippen molar-refractivity contribution >= 4 is 22.5 Å². The van der Waals surface area contributed by atoms with Gasteiger partial charge in [0.2, 0.25) is 0 Å². The van der Waals surface area contributed by atoms with E-state index in [2.05, 4.69) is 48.3 Å². The average Bonchev–Trinajstić information content (AvgIpc) is 3.06. The molecule has 2 heterocycles. The maximum Gasteiger partial charge on any atom is 0.256 e. The Labute approximate surface area is 176 Å². The van der Waals surface area contributed by atoms with Crippen LogP contribution in [0.4, 0.5) is 5.82 Å². The van der Waals surface area contributed by atoms with Gasteiger partial charge < -0.3 is 5.32 Å². The number of rotatable bonds is 5. The summed E-state index contributed by atoms with van der Waals surface area (Å²) in [6.45, 7) is 6.43. The van der Waals surface area contributed by atoms with Crippen molar-refractivity contribution in [2.45, 2.75) is 27.2 Å². The molecule has 0 saturated heterocycles. The van der Waals surface area contributed by atoms with Crippen LogP contribution in [-0.4, -0.2) is 20.7 Å². The first-order valence-corrected chi connectivity index (χ1v) is 10.2. The Kier molecular flexibility index (Phi) is 5.36. The van der Waals surface area contributed by atoms with Crippen LogP contribution >= 0.6 is 0 Å². The smallest absolute Gasteiger partial charge is 0.256 e. The molecule has 1 amide bonds. The molecule has 30 heavy (non-hydrogen) atoms. The fourth-order valence-electron chi connectivity index (χ4n) is 3.61. The number of pyridine rings is 1. The van der Waals surface area contributed by atoms with Crippen LogP contribution in [0.2, 0.25) is 0 Å². The molecule has 2 aromatic heterocycles. The zero-order chi connectivity index (χ0) is 21.3. The lowest BCUT2D eigenvalue weighted by Gasteiger charge is -2.09. The van der Waals surface area contributed by atoms with Crippen molar-refractivity contribution in [1.82, 2.24) is 14.8 Å². The summed E-state index contributed by atoms with van der Waals surface area (Å²) in [5.41, 5.74) is 5.17. The van der Waals surface area contributed by atoms with E-state index in [0.29, 0.717) is 17.3 Å². The second-order valence-corrected chi connectivity index (χ2v) is 8.15. The zero-order valence-corrected chi connectivity index (χ0v) is 17.8. The third-order valence-electron chi connectivity index (χ3n) is 5.37. The van der Waals surface area contributed by atoms with Gasteiger partial charge in [0, 0.05) is 35.5 Å². The van der Waals surface area contributed by atoms with Gasteiger partial charge in [-0.3, -0.25) is 9.48 Å². The predicted molar refractivity (Wildman–Crippen MR) is 122 cm³/mol. The Hall–Kier alpha value is -3.47. The van der Waals surface area contributed by atoms with Gasteiger partial charge in [-0.15, -0.1) is 0 Å². The molecule has 2 aromatic carbocycles. The maximum absolute atomic E-state index is 12.7. The van der Waals surface area contributed by atoms with Crippen LogP contribution in [0.15, 0.2) is 60.9 Å². The second-order valence-electron chi connectivity index (χ2n) is 8.15. The summed E-state index contributed by atoms with van der Waals surface area (Å²) in [4.78, 5) is 17.1. The standard InChI is InChI=1S/C25H26N4O/c1-16(2)11-18-5-7-19(8-6-18)25(30)28-24-13-22-12-20(9-10-21(22)14-26-24)23-15-27-29(4)17(23)3/h5-10,12-16H,11H2,1-4H3,(H,26,28,30). The van der Waals surface area contributed by atoms with Crippen molar-refractivity contribution in [3.05, 3.63) is 77.7 Å². The number of nitrogens with one attached hydrogen (secondary N) is 1. The molecule has 5 heteroatoms. The molecule has 4 rings (SSSR count). The summed E-state index contributed by atoms with van der Waals surface area (Å²) >= 11 is 0. The number of aromatic nitrogens is 3. The summed E-state index contributed by atoms with van der Waals surface area (Å²) in [6, 6.07) is 15.9. The maximum atomic E-state index is 12.7. The van der Waals surface area contributed by atoms with Crippen LogP contribution < -0.4 is 5.32 Å². The normalized spacial score (nSPS) is 11.2. The van der Waals surface area contributed by atoms with E-state index in [4.69, 9.17) is 0 Å². The summed E-state index contributed by atoms with van der Waals surface area (Å²) in [5.74, 6) is 0.975. The van der Waals surface area contributed by atoms with Crippen LogP contribution in [0, 0.1) is 12.8 Å². The molecule has 0 atom stereocenters. The van der Waals surface area contributed by atoms with E-state index in [1.54, 1.807) is 6.20 Å². The van der Waals surface area contributed by atoms with Crippen molar-refractivity contribution in [2.75, 3.05) is 5.32 Å². The van der Waals surface area contributed by atoms with E-state index in [9.17, 15) is 4.79 Å². The molecule has 0 aliphatic rings. The third kappa shape index (κ3) is 4.10. The second kappa shape index (κ2) is 8.11. The number of benzene rings is 2. The topological polar surface area (TPSA) is 59.8 Å². The van der Waals surface area contributed by atoms with Crippen LogP contribution in [0.1, 0.15) is 35.5 Å². The third-order valence-corrected chi connectivity index (χ3v) is 5.37. The molecule has 0 unspecified atom stereocenters. The van der Waals surface area contributed by atoms with E-state index in [1.807, 2.05) is 54.3 Å². The zero-order valence-electron chi connectivity index (χ0n) is 17.8. The summed E-state index contributed by atoms with van der Waals surface area (Å²) in [7, 11) is 1.94. The van der Waals surface area contributed by atoms with Gasteiger partial charge in [-0.2, -0.15) is 5.10 Å². The molecule has 5 nitrogen and oxygen atoms in total. The number of carbonyl (C=O) groups is 1. The minimum absolute atomic E-state index is 0.155. The van der Waals surface area contributed by atoms with Crippen molar-refractivity contribution in [3.8, 4) is 11.1 Å². The lowest BCUT2D eigenvalue weighted by atomic mass is 10.0. The number of aryl methyl sites for hydroxylation is 1. The van der Waals surface area contributed by atoms with E-state index < -0.39 is 0 Å². The molecule has 0 radical (unpaired) electrons. The molecule has 0 fully saturated rings. The van der Waals surface area contributed by atoms with Crippen molar-refractivity contribution < 1.29 is 4.79 Å². The van der Waals surface area contributed by atoms with Crippen LogP contribution in [0.5, 0.6) is 0 Å². The van der Waals surface area contributed by atoms with Gasteiger partial charge in [-0.25, -0.2) is 4.98 Å². The number of hydrogen-bond donors (Lipinski definition) is 1. The largest absolute Gasteiger partial charge is 0.307 e. The van der Waals surface area contributed by atoms with Gasteiger partial charge in [-0.1, -0.05) is 38.1 Å². The van der Waals surface area contributed by atoms with E-state index >= 15 is 0 Å². The van der Waals surface area contributed by atoms with Gasteiger partial charge in [0.15, 0.2) is 0 Å². The molecule has 0 spiro atoms. The first-order chi connectivity index (χ1) is 14.4. The van der Waals surface area contributed by atoms with E-state index in [0.717, 1.165) is 34.0 Å². The summed E-state index contributed by atoms with van der Waals surface area (Å²) in [6.07, 6.45) is 4.67. The Morgan fingerprint density at radius 2 is 1.80 bits per heavy atom. The predicted octanol–water partition coefficient (Wildman–Crippen LogP) is 5.39. The molecule has 0 aliphatic carbocycles. The molecule has 1 N–H and O–H groups in total. The SMILES string of the molecule is Cc1c(-c2ccc3cnc(NC(=O)c4ccc(CC(C)C)cc4)cc3c2)cnn1C. The number of amides is 1. The summed E-state index contributed by atoms with van der Waals surface area (Å²) in [5, 5.41) is 9.30. The van der Waals surface area contributed by atoms with Gasteiger partial charge in [0.05, 0.1) is 6.20 Å². The van der Waals surface area contributed by atoms with Crippen molar-refractivity contribution in [1.29, 1.82) is 0 Å². The fraction of sp³-hybridized carbons (Fsp3) is 0.240. The molecule has 0 aliphatic heterocycles. The number of carbonyl (C=O) groups excluding carboxylic acids is 1. The van der Waals surface area contributed by atoms with Gasteiger partial charge in [0.1, 0.15) is 5.82 Å². The molecular weight excluding hydrogens is 372 g/mol. The lowest BCUT2D eigenvalue weighted by molar-refractivity contribution is 0.102. The van der Waals surface area contributed by atoms with Crippen LogP contribution in [0.3, 0.4) is 0 Å². The van der Waals surface area contributed by atoms with E-state index in [-0.39, 0.29) is 5.91 Å². The number of fused-ring (bicyclic) bond motifs is 1. The van der Waals surface area contributed by atoms with Gasteiger partial charge in [0.25, 0.3) is 5.91 Å². The highest BCUT2D eigenvalue weighted by atomic mass is 16.1. The Morgan fingerprint density at radius 1 is 1.03 bits per heavy atom. The van der Waals surface area contributed by atoms with Crippen molar-refractivity contribution in [3.63, 3.8) is 0 Å². The fourth-order valence-corrected chi connectivity index (χ4v) is 3.61. The lowest BCUT2D eigenvalue weighted by Crippen LogP contribution is -2.13. The monoisotopic (exact) mass is 398 g/mol. The minimum Gasteiger partial charge on any atom is -0.307 e. The van der Waals surface area contributed by atoms with E-state index in [1.165, 1.54) is 5.56 Å². The van der Waals surface area contributed by atoms with Crippen molar-refractivity contribution in [2.24, 2.45) is 13.0 Å².